The number of methoxy groups -OCH3 is 1. The summed E-state index contributed by atoms with van der Waals surface area (Å²) in [7, 11) is 3.00. The van der Waals surface area contributed by atoms with Crippen molar-refractivity contribution in [2.45, 2.75) is 0 Å². The lowest BCUT2D eigenvalue weighted by Gasteiger charge is -2.10. The molecule has 1 amide bonds. The summed E-state index contributed by atoms with van der Waals surface area (Å²) in [6.45, 7) is -0.125. The van der Waals surface area contributed by atoms with Crippen molar-refractivity contribution in [3.63, 3.8) is 0 Å². The zero-order valence-electron chi connectivity index (χ0n) is 13.9. The minimum absolute atomic E-state index is 0.125. The van der Waals surface area contributed by atoms with Crippen LogP contribution >= 0.6 is 0 Å². The van der Waals surface area contributed by atoms with Crippen LogP contribution in [-0.4, -0.2) is 32.5 Å². The highest BCUT2D eigenvalue weighted by atomic mass is 19.1. The fourth-order valence-corrected chi connectivity index (χ4v) is 2.03. The van der Waals surface area contributed by atoms with E-state index in [1.807, 2.05) is 0 Å². The number of likely N-dealkylation sites (N-methyl/N-ethyl adjacent to an activating group) is 1. The van der Waals surface area contributed by atoms with Crippen LogP contribution in [-0.2, 0) is 4.79 Å². The van der Waals surface area contributed by atoms with Gasteiger partial charge in [-0.2, -0.15) is 0 Å². The first kappa shape index (κ1) is 18.2. The largest absolute Gasteiger partial charge is 0.493 e. The molecule has 0 bridgehead atoms. The van der Waals surface area contributed by atoms with Crippen LogP contribution in [0.4, 0.5) is 4.39 Å². The Morgan fingerprint density at radius 1 is 1.16 bits per heavy atom. The highest BCUT2D eigenvalue weighted by Gasteiger charge is 2.08. The summed E-state index contributed by atoms with van der Waals surface area (Å²) < 4.78 is 23.8. The van der Waals surface area contributed by atoms with Crippen LogP contribution < -0.4 is 14.8 Å². The molecule has 130 valence electrons. The van der Waals surface area contributed by atoms with Crippen LogP contribution in [0.3, 0.4) is 0 Å². The topological polar surface area (TPSA) is 64.6 Å². The number of ketones is 1. The molecule has 0 heterocycles. The van der Waals surface area contributed by atoms with Crippen molar-refractivity contribution in [3.05, 3.63) is 65.5 Å². The molecule has 0 radical (unpaired) electrons. The van der Waals surface area contributed by atoms with Gasteiger partial charge in [-0.05, 0) is 35.9 Å². The second kappa shape index (κ2) is 8.63. The van der Waals surface area contributed by atoms with Crippen molar-refractivity contribution < 1.29 is 23.5 Å². The fourth-order valence-electron chi connectivity index (χ4n) is 2.03. The number of carbonyl (C=O) groups is 2. The van der Waals surface area contributed by atoms with Gasteiger partial charge in [0.05, 0.1) is 7.11 Å². The first-order valence-electron chi connectivity index (χ1n) is 7.53. The van der Waals surface area contributed by atoms with Gasteiger partial charge >= 0.3 is 0 Å². The normalized spacial score (nSPS) is 10.5. The standard InChI is InChI=1S/C19H18FNO4/c1-21-19(23)12-25-17-9-7-13(10-18(17)24-2)6-8-16(22)14-4-3-5-15(20)11-14/h3-11H,12H2,1-2H3,(H,21,23). The third-order valence-electron chi connectivity index (χ3n) is 3.36. The number of amides is 1. The highest BCUT2D eigenvalue weighted by molar-refractivity contribution is 6.06. The predicted octanol–water partition coefficient (Wildman–Crippen LogP) is 2.86. The summed E-state index contributed by atoms with van der Waals surface area (Å²) in [5.74, 6) is -0.173. The summed E-state index contributed by atoms with van der Waals surface area (Å²) >= 11 is 0. The molecule has 0 saturated heterocycles. The minimum Gasteiger partial charge on any atom is -0.493 e. The van der Waals surface area contributed by atoms with Crippen molar-refractivity contribution in [1.82, 2.24) is 5.32 Å². The van der Waals surface area contributed by atoms with Crippen LogP contribution in [0.5, 0.6) is 11.5 Å². The van der Waals surface area contributed by atoms with E-state index in [1.165, 1.54) is 38.4 Å². The van der Waals surface area contributed by atoms with E-state index in [2.05, 4.69) is 5.32 Å². The lowest BCUT2D eigenvalue weighted by Crippen LogP contribution is -2.24. The average molecular weight is 343 g/mol. The summed E-state index contributed by atoms with van der Waals surface area (Å²) in [4.78, 5) is 23.3. The molecule has 0 spiro atoms. The average Bonchev–Trinajstić information content (AvgIpc) is 2.64. The van der Waals surface area contributed by atoms with Crippen LogP contribution in [0.25, 0.3) is 6.08 Å². The Bertz CT molecular complexity index is 802. The second-order valence-electron chi connectivity index (χ2n) is 5.08. The van der Waals surface area contributed by atoms with E-state index in [1.54, 1.807) is 30.3 Å². The zero-order chi connectivity index (χ0) is 18.2. The molecule has 6 heteroatoms. The lowest BCUT2D eigenvalue weighted by molar-refractivity contribution is -0.122. The summed E-state index contributed by atoms with van der Waals surface area (Å²) in [6, 6.07) is 10.5. The van der Waals surface area contributed by atoms with Crippen molar-refractivity contribution >= 4 is 17.8 Å². The van der Waals surface area contributed by atoms with Gasteiger partial charge in [0.25, 0.3) is 5.91 Å². The number of ether oxygens (including phenoxy) is 2. The van der Waals surface area contributed by atoms with E-state index in [-0.39, 0.29) is 23.9 Å². The molecule has 0 aliphatic carbocycles. The zero-order valence-corrected chi connectivity index (χ0v) is 13.9. The van der Waals surface area contributed by atoms with Crippen LogP contribution in [0.1, 0.15) is 15.9 Å². The molecule has 2 aromatic carbocycles. The van der Waals surface area contributed by atoms with Crippen molar-refractivity contribution in [2.75, 3.05) is 20.8 Å². The molecule has 0 aromatic heterocycles. The number of nitrogens with one attached hydrogen (secondary N) is 1. The van der Waals surface area contributed by atoms with Gasteiger partial charge in [-0.25, -0.2) is 4.39 Å². The van der Waals surface area contributed by atoms with E-state index in [0.29, 0.717) is 17.1 Å². The molecule has 0 atom stereocenters. The van der Waals surface area contributed by atoms with Gasteiger partial charge in [-0.1, -0.05) is 24.3 Å². The van der Waals surface area contributed by atoms with E-state index in [4.69, 9.17) is 9.47 Å². The Hall–Kier alpha value is -3.15. The highest BCUT2D eigenvalue weighted by Crippen LogP contribution is 2.28. The Morgan fingerprint density at radius 3 is 2.64 bits per heavy atom. The van der Waals surface area contributed by atoms with Crippen molar-refractivity contribution in [1.29, 1.82) is 0 Å². The molecular formula is C19H18FNO4. The Labute approximate surface area is 145 Å². The maximum Gasteiger partial charge on any atom is 0.257 e. The van der Waals surface area contributed by atoms with Crippen molar-refractivity contribution in [3.8, 4) is 11.5 Å². The van der Waals surface area contributed by atoms with Crippen LogP contribution in [0.2, 0.25) is 0 Å². The lowest BCUT2D eigenvalue weighted by atomic mass is 10.1. The third kappa shape index (κ3) is 5.17. The first-order valence-corrected chi connectivity index (χ1v) is 7.53. The Morgan fingerprint density at radius 2 is 1.96 bits per heavy atom. The molecule has 25 heavy (non-hydrogen) atoms. The quantitative estimate of drug-likeness (QED) is 0.620. The SMILES string of the molecule is CNC(=O)COc1ccc(C=CC(=O)c2cccc(F)c2)cc1OC. The fraction of sp³-hybridized carbons (Fsp3) is 0.158. The summed E-state index contributed by atoms with van der Waals surface area (Å²) in [5, 5.41) is 2.46. The maximum atomic E-state index is 13.2. The minimum atomic E-state index is -0.460. The molecule has 5 nitrogen and oxygen atoms in total. The molecule has 2 rings (SSSR count). The van der Waals surface area contributed by atoms with Gasteiger partial charge in [0, 0.05) is 12.6 Å². The van der Waals surface area contributed by atoms with E-state index < -0.39 is 5.82 Å². The number of benzene rings is 2. The predicted molar refractivity (Wildman–Crippen MR) is 92.3 cm³/mol. The summed E-state index contributed by atoms with van der Waals surface area (Å²) in [5.41, 5.74) is 0.975. The Kier molecular flexibility index (Phi) is 6.28. The number of rotatable bonds is 7. The smallest absolute Gasteiger partial charge is 0.257 e. The Balaban J connectivity index is 2.11. The van der Waals surface area contributed by atoms with Gasteiger partial charge < -0.3 is 14.8 Å². The van der Waals surface area contributed by atoms with E-state index in [9.17, 15) is 14.0 Å². The van der Waals surface area contributed by atoms with Crippen molar-refractivity contribution in [2.24, 2.45) is 0 Å². The number of hydrogen-bond donors (Lipinski definition) is 1. The third-order valence-corrected chi connectivity index (χ3v) is 3.36. The number of halogens is 1. The molecule has 0 unspecified atom stereocenters. The van der Waals surface area contributed by atoms with Gasteiger partial charge in [-0.15, -0.1) is 0 Å². The molecule has 0 saturated carbocycles. The molecule has 0 aliphatic rings. The van der Waals surface area contributed by atoms with E-state index in [0.717, 1.165) is 0 Å². The molecular weight excluding hydrogens is 325 g/mol. The molecule has 1 N–H and O–H groups in total. The second-order valence-corrected chi connectivity index (χ2v) is 5.08. The van der Waals surface area contributed by atoms with Gasteiger partial charge in [-0.3, -0.25) is 9.59 Å². The maximum absolute atomic E-state index is 13.2. The van der Waals surface area contributed by atoms with Gasteiger partial charge in [0.1, 0.15) is 5.82 Å². The number of hydrogen-bond acceptors (Lipinski definition) is 4. The molecule has 2 aromatic rings. The van der Waals surface area contributed by atoms with Gasteiger partial charge in [0.15, 0.2) is 23.9 Å². The van der Waals surface area contributed by atoms with Crippen LogP contribution in [0, 0.1) is 5.82 Å². The monoisotopic (exact) mass is 343 g/mol. The van der Waals surface area contributed by atoms with Gasteiger partial charge in [0.2, 0.25) is 0 Å². The van der Waals surface area contributed by atoms with Crippen LogP contribution in [0.15, 0.2) is 48.5 Å². The molecule has 0 fully saturated rings. The number of allylic oxidation sites excluding steroid dienone is 1. The first-order chi connectivity index (χ1) is 12.0. The summed E-state index contributed by atoms with van der Waals surface area (Å²) in [6.07, 6.45) is 2.95. The number of carbonyl (C=O) groups excluding carboxylic acids is 2. The van der Waals surface area contributed by atoms with E-state index >= 15 is 0 Å². The molecule has 0 aliphatic heterocycles.